The number of ether oxygens (including phenoxy) is 1. The van der Waals surface area contributed by atoms with Gasteiger partial charge in [-0.15, -0.1) is 5.10 Å². The summed E-state index contributed by atoms with van der Waals surface area (Å²) in [5.41, 5.74) is -0.120. The van der Waals surface area contributed by atoms with Crippen molar-refractivity contribution in [3.63, 3.8) is 0 Å². The highest BCUT2D eigenvalue weighted by molar-refractivity contribution is 5.96. The molecular formula is C16H20N6O4. The van der Waals surface area contributed by atoms with E-state index in [0.29, 0.717) is 50.7 Å². The summed E-state index contributed by atoms with van der Waals surface area (Å²) in [5.74, 6) is -0.259. The summed E-state index contributed by atoms with van der Waals surface area (Å²) in [5, 5.41) is 5.84. The van der Waals surface area contributed by atoms with Crippen LogP contribution < -0.4 is 10.4 Å². The van der Waals surface area contributed by atoms with Crippen LogP contribution in [0.4, 0.5) is 0 Å². The lowest BCUT2D eigenvalue weighted by atomic mass is 10.2. The Morgan fingerprint density at radius 2 is 1.92 bits per heavy atom. The lowest BCUT2D eigenvalue weighted by molar-refractivity contribution is 0.0710. The van der Waals surface area contributed by atoms with E-state index in [9.17, 15) is 14.4 Å². The van der Waals surface area contributed by atoms with Gasteiger partial charge >= 0.3 is 5.69 Å². The molecule has 0 aromatic carbocycles. The number of rotatable bonds is 4. The number of carbonyl (C=O) groups excluding carboxylic acids is 2. The molecule has 2 aromatic rings. The minimum atomic E-state index is -0.528. The molecule has 3 heterocycles. The summed E-state index contributed by atoms with van der Waals surface area (Å²) in [4.78, 5) is 46.1. The lowest BCUT2D eigenvalue weighted by Crippen LogP contribution is -2.38. The highest BCUT2D eigenvalue weighted by Crippen LogP contribution is 2.18. The number of H-pyrrole nitrogens is 2. The largest absolute Gasteiger partial charge is 0.477 e. The Bertz CT molecular complexity index is 845. The molecule has 1 aliphatic rings. The highest BCUT2D eigenvalue weighted by Gasteiger charge is 2.26. The smallest absolute Gasteiger partial charge is 0.341 e. The maximum atomic E-state index is 12.8. The SMILES string of the molecule is CCOc1ncccc1C(=O)N1CCCN(C(=O)c2n[nH]c(=O)[nH]2)CC1. The van der Waals surface area contributed by atoms with Crippen LogP contribution in [-0.4, -0.2) is 74.6 Å². The average Bonchev–Trinajstić information content (AvgIpc) is 2.93. The molecule has 26 heavy (non-hydrogen) atoms. The second-order valence-corrected chi connectivity index (χ2v) is 5.75. The second kappa shape index (κ2) is 7.81. The molecule has 3 rings (SSSR count). The van der Waals surface area contributed by atoms with Crippen molar-refractivity contribution in [1.82, 2.24) is 30.0 Å². The summed E-state index contributed by atoms with van der Waals surface area (Å²) in [6.45, 7) is 3.96. The normalized spacial score (nSPS) is 14.8. The molecule has 138 valence electrons. The number of aromatic nitrogens is 4. The summed E-state index contributed by atoms with van der Waals surface area (Å²) in [6.07, 6.45) is 2.20. The topological polar surface area (TPSA) is 124 Å². The third-order valence-corrected chi connectivity index (χ3v) is 4.06. The van der Waals surface area contributed by atoms with Crippen molar-refractivity contribution in [2.45, 2.75) is 13.3 Å². The van der Waals surface area contributed by atoms with Gasteiger partial charge in [-0.2, -0.15) is 0 Å². The highest BCUT2D eigenvalue weighted by atomic mass is 16.5. The molecule has 10 nitrogen and oxygen atoms in total. The third-order valence-electron chi connectivity index (χ3n) is 4.06. The summed E-state index contributed by atoms with van der Waals surface area (Å²) >= 11 is 0. The Morgan fingerprint density at radius 3 is 2.58 bits per heavy atom. The Kier molecular flexibility index (Phi) is 5.30. The van der Waals surface area contributed by atoms with Crippen molar-refractivity contribution in [1.29, 1.82) is 0 Å². The molecule has 0 atom stereocenters. The zero-order valence-corrected chi connectivity index (χ0v) is 14.4. The summed E-state index contributed by atoms with van der Waals surface area (Å²) in [6, 6.07) is 3.37. The number of hydrogen-bond acceptors (Lipinski definition) is 6. The van der Waals surface area contributed by atoms with Crippen LogP contribution in [0.2, 0.25) is 0 Å². The molecule has 0 saturated carbocycles. The van der Waals surface area contributed by atoms with Crippen LogP contribution in [-0.2, 0) is 0 Å². The first-order valence-corrected chi connectivity index (χ1v) is 8.41. The van der Waals surface area contributed by atoms with Crippen molar-refractivity contribution in [2.75, 3.05) is 32.8 Å². The predicted octanol–water partition coefficient (Wildman–Crippen LogP) is -0.120. The van der Waals surface area contributed by atoms with Crippen LogP contribution in [0.1, 0.15) is 34.3 Å². The fraction of sp³-hybridized carbons (Fsp3) is 0.438. The van der Waals surface area contributed by atoms with Crippen LogP contribution in [0.3, 0.4) is 0 Å². The van der Waals surface area contributed by atoms with E-state index in [4.69, 9.17) is 4.74 Å². The minimum absolute atomic E-state index is 0.0272. The van der Waals surface area contributed by atoms with E-state index < -0.39 is 5.69 Å². The minimum Gasteiger partial charge on any atom is -0.477 e. The van der Waals surface area contributed by atoms with Crippen LogP contribution in [0, 0.1) is 0 Å². The van der Waals surface area contributed by atoms with Gasteiger partial charge in [0.25, 0.3) is 11.8 Å². The van der Waals surface area contributed by atoms with Crippen LogP contribution in [0.5, 0.6) is 5.88 Å². The Labute approximate surface area is 149 Å². The Hall–Kier alpha value is -3.17. The summed E-state index contributed by atoms with van der Waals surface area (Å²) in [7, 11) is 0. The molecule has 10 heteroatoms. The van der Waals surface area contributed by atoms with E-state index >= 15 is 0 Å². The maximum absolute atomic E-state index is 12.8. The van der Waals surface area contributed by atoms with E-state index in [1.165, 1.54) is 0 Å². The standard InChI is InChI=1S/C16H20N6O4/c1-2-26-13-11(5-3-6-17-13)14(23)21-7-4-8-22(10-9-21)15(24)12-18-16(25)20-19-12/h3,5-6H,2,4,7-10H2,1H3,(H2,18,19,20,25). The number of aromatic amines is 2. The molecule has 2 amide bonds. The average molecular weight is 360 g/mol. The number of nitrogens with zero attached hydrogens (tertiary/aromatic N) is 4. The van der Waals surface area contributed by atoms with Gasteiger partial charge in [0.15, 0.2) is 0 Å². The van der Waals surface area contributed by atoms with Gasteiger partial charge in [0.05, 0.1) is 6.61 Å². The van der Waals surface area contributed by atoms with E-state index in [-0.39, 0.29) is 17.6 Å². The first kappa shape index (κ1) is 17.6. The molecule has 1 saturated heterocycles. The molecule has 2 N–H and O–H groups in total. The fourth-order valence-electron chi connectivity index (χ4n) is 2.82. The lowest BCUT2D eigenvalue weighted by Gasteiger charge is -2.22. The number of hydrogen-bond donors (Lipinski definition) is 2. The molecule has 0 radical (unpaired) electrons. The zero-order chi connectivity index (χ0) is 18.5. The van der Waals surface area contributed by atoms with Gasteiger partial charge in [0.1, 0.15) is 5.56 Å². The van der Waals surface area contributed by atoms with Gasteiger partial charge < -0.3 is 14.5 Å². The van der Waals surface area contributed by atoms with E-state index in [1.54, 1.807) is 28.1 Å². The van der Waals surface area contributed by atoms with Crippen LogP contribution >= 0.6 is 0 Å². The molecule has 2 aromatic heterocycles. The van der Waals surface area contributed by atoms with Crippen molar-refractivity contribution in [3.05, 3.63) is 40.2 Å². The van der Waals surface area contributed by atoms with Gasteiger partial charge in [-0.05, 0) is 25.5 Å². The fourth-order valence-corrected chi connectivity index (χ4v) is 2.82. The van der Waals surface area contributed by atoms with Gasteiger partial charge in [-0.3, -0.25) is 14.6 Å². The molecule has 1 aliphatic heterocycles. The predicted molar refractivity (Wildman–Crippen MR) is 91.0 cm³/mol. The van der Waals surface area contributed by atoms with Gasteiger partial charge in [0.2, 0.25) is 11.7 Å². The number of amides is 2. The molecule has 0 aliphatic carbocycles. The van der Waals surface area contributed by atoms with Gasteiger partial charge in [-0.1, -0.05) is 0 Å². The zero-order valence-electron chi connectivity index (χ0n) is 14.4. The Morgan fingerprint density at radius 1 is 1.19 bits per heavy atom. The van der Waals surface area contributed by atoms with Crippen molar-refractivity contribution >= 4 is 11.8 Å². The molecular weight excluding hydrogens is 340 g/mol. The van der Waals surface area contributed by atoms with Gasteiger partial charge in [0, 0.05) is 32.4 Å². The van der Waals surface area contributed by atoms with Crippen molar-refractivity contribution in [2.24, 2.45) is 0 Å². The third kappa shape index (κ3) is 3.73. The van der Waals surface area contributed by atoms with Crippen LogP contribution in [0.25, 0.3) is 0 Å². The number of nitrogens with one attached hydrogen (secondary N) is 2. The van der Waals surface area contributed by atoms with E-state index in [1.807, 2.05) is 6.92 Å². The van der Waals surface area contributed by atoms with Crippen LogP contribution in [0.15, 0.2) is 23.1 Å². The number of carbonyl (C=O) groups is 2. The molecule has 0 bridgehead atoms. The molecule has 0 spiro atoms. The Balaban J connectivity index is 1.69. The second-order valence-electron chi connectivity index (χ2n) is 5.75. The first-order chi connectivity index (χ1) is 12.6. The summed E-state index contributed by atoms with van der Waals surface area (Å²) < 4.78 is 5.43. The van der Waals surface area contributed by atoms with Gasteiger partial charge in [-0.25, -0.2) is 14.9 Å². The molecule has 1 fully saturated rings. The van der Waals surface area contributed by atoms with Crippen molar-refractivity contribution in [3.8, 4) is 5.88 Å². The molecule has 0 unspecified atom stereocenters. The number of pyridine rings is 1. The maximum Gasteiger partial charge on any atom is 0.341 e. The van der Waals surface area contributed by atoms with E-state index in [2.05, 4.69) is 20.2 Å². The monoisotopic (exact) mass is 360 g/mol. The van der Waals surface area contributed by atoms with E-state index in [0.717, 1.165) is 0 Å². The first-order valence-electron chi connectivity index (χ1n) is 8.41. The quantitative estimate of drug-likeness (QED) is 0.783. The van der Waals surface area contributed by atoms with Crippen molar-refractivity contribution < 1.29 is 14.3 Å².